The summed E-state index contributed by atoms with van der Waals surface area (Å²) in [5, 5.41) is 0.638. The molecule has 0 saturated heterocycles. The molecule has 1 aromatic carbocycles. The summed E-state index contributed by atoms with van der Waals surface area (Å²) in [6.07, 6.45) is 0. The summed E-state index contributed by atoms with van der Waals surface area (Å²) in [5.74, 6) is 0.833. The number of nitrogens with zero attached hydrogens (tertiary/aromatic N) is 2. The Hall–Kier alpha value is -0.840. The summed E-state index contributed by atoms with van der Waals surface area (Å²) in [6, 6.07) is 7.70. The molecule has 0 bridgehead atoms. The minimum Gasteiger partial charge on any atom is -0.220 e. The molecule has 1 heterocycles. The van der Waals surface area contributed by atoms with Gasteiger partial charge in [-0.05, 0) is 24.3 Å². The second-order valence-corrected chi connectivity index (χ2v) is 5.00. The molecular weight excluding hydrogens is 282 g/mol. The zero-order valence-corrected chi connectivity index (χ0v) is 10.9. The van der Waals surface area contributed by atoms with Crippen molar-refractivity contribution in [3.8, 4) is 0 Å². The van der Waals surface area contributed by atoms with Crippen molar-refractivity contribution in [2.75, 3.05) is 0 Å². The standard InChI is InChI=1S/C11H7Cl2FN2S/c12-9-5-10(13)16-11(15-9)6-17-8-3-1-7(14)2-4-8/h1-5H,6H2. The van der Waals surface area contributed by atoms with E-state index in [1.807, 2.05) is 0 Å². The lowest BCUT2D eigenvalue weighted by Crippen LogP contribution is -1.93. The highest BCUT2D eigenvalue weighted by molar-refractivity contribution is 7.98. The molecule has 0 N–H and O–H groups in total. The number of thioether (sulfide) groups is 1. The Morgan fingerprint density at radius 2 is 1.65 bits per heavy atom. The molecule has 0 amide bonds. The summed E-state index contributed by atoms with van der Waals surface area (Å²) in [4.78, 5) is 9.02. The van der Waals surface area contributed by atoms with Crippen LogP contribution in [0.2, 0.25) is 10.3 Å². The van der Waals surface area contributed by atoms with E-state index in [1.54, 1.807) is 12.1 Å². The number of hydrogen-bond acceptors (Lipinski definition) is 3. The first kappa shape index (κ1) is 12.6. The second-order valence-electron chi connectivity index (χ2n) is 3.17. The molecule has 1 aromatic heterocycles. The Kier molecular flexibility index (Phi) is 4.20. The highest BCUT2D eigenvalue weighted by atomic mass is 35.5. The lowest BCUT2D eigenvalue weighted by molar-refractivity contribution is 0.626. The molecule has 2 aromatic rings. The third-order valence-electron chi connectivity index (χ3n) is 1.89. The first-order valence-electron chi connectivity index (χ1n) is 4.71. The van der Waals surface area contributed by atoms with Crippen LogP contribution in [-0.2, 0) is 5.75 Å². The average Bonchev–Trinajstić information content (AvgIpc) is 2.27. The van der Waals surface area contributed by atoms with E-state index in [0.29, 0.717) is 21.9 Å². The van der Waals surface area contributed by atoms with Crippen LogP contribution in [0.1, 0.15) is 5.82 Å². The zero-order valence-electron chi connectivity index (χ0n) is 8.53. The van der Waals surface area contributed by atoms with Crippen LogP contribution in [0, 0.1) is 5.82 Å². The van der Waals surface area contributed by atoms with E-state index < -0.39 is 0 Å². The van der Waals surface area contributed by atoms with E-state index in [0.717, 1.165) is 4.90 Å². The van der Waals surface area contributed by atoms with E-state index >= 15 is 0 Å². The lowest BCUT2D eigenvalue weighted by atomic mass is 10.4. The number of halogens is 3. The van der Waals surface area contributed by atoms with Crippen molar-refractivity contribution in [2.24, 2.45) is 0 Å². The number of aromatic nitrogens is 2. The first-order valence-corrected chi connectivity index (χ1v) is 6.45. The molecule has 0 spiro atoms. The van der Waals surface area contributed by atoms with Crippen molar-refractivity contribution in [1.82, 2.24) is 9.97 Å². The van der Waals surface area contributed by atoms with Crippen LogP contribution in [-0.4, -0.2) is 9.97 Å². The molecule has 6 heteroatoms. The Balaban J connectivity index is 2.04. The fraction of sp³-hybridized carbons (Fsp3) is 0.0909. The molecule has 0 atom stereocenters. The Morgan fingerprint density at radius 3 is 2.24 bits per heavy atom. The molecule has 0 aliphatic carbocycles. The van der Waals surface area contributed by atoms with Gasteiger partial charge in [-0.25, -0.2) is 14.4 Å². The van der Waals surface area contributed by atoms with Crippen molar-refractivity contribution in [3.05, 3.63) is 52.3 Å². The molecular formula is C11H7Cl2FN2S. The smallest absolute Gasteiger partial charge is 0.142 e. The fourth-order valence-corrected chi connectivity index (χ4v) is 2.39. The quantitative estimate of drug-likeness (QED) is 0.625. The third-order valence-corrected chi connectivity index (χ3v) is 3.29. The Bertz CT molecular complexity index is 499. The fourth-order valence-electron chi connectivity index (χ4n) is 1.18. The maximum absolute atomic E-state index is 12.7. The predicted octanol–water partition coefficient (Wildman–Crippen LogP) is 4.21. The normalized spacial score (nSPS) is 10.5. The monoisotopic (exact) mass is 288 g/mol. The molecule has 88 valence electrons. The minimum atomic E-state index is -0.253. The van der Waals surface area contributed by atoms with Gasteiger partial charge in [0, 0.05) is 11.0 Å². The highest BCUT2D eigenvalue weighted by Crippen LogP contribution is 2.22. The van der Waals surface area contributed by atoms with Gasteiger partial charge in [-0.3, -0.25) is 0 Å². The summed E-state index contributed by atoms with van der Waals surface area (Å²) in [5.41, 5.74) is 0. The molecule has 0 fully saturated rings. The van der Waals surface area contributed by atoms with Crippen LogP contribution in [0.3, 0.4) is 0 Å². The van der Waals surface area contributed by atoms with Crippen LogP contribution >= 0.6 is 35.0 Å². The van der Waals surface area contributed by atoms with Gasteiger partial charge >= 0.3 is 0 Å². The molecule has 2 nitrogen and oxygen atoms in total. The maximum atomic E-state index is 12.7. The van der Waals surface area contributed by atoms with Crippen LogP contribution in [0.4, 0.5) is 4.39 Å². The average molecular weight is 289 g/mol. The van der Waals surface area contributed by atoms with Gasteiger partial charge in [0.05, 0.1) is 5.75 Å². The number of hydrogen-bond donors (Lipinski definition) is 0. The van der Waals surface area contributed by atoms with E-state index in [9.17, 15) is 4.39 Å². The maximum Gasteiger partial charge on any atom is 0.142 e. The van der Waals surface area contributed by atoms with Gasteiger partial charge in [-0.2, -0.15) is 0 Å². The molecule has 17 heavy (non-hydrogen) atoms. The highest BCUT2D eigenvalue weighted by Gasteiger charge is 2.03. The SMILES string of the molecule is Fc1ccc(SCc2nc(Cl)cc(Cl)n2)cc1. The summed E-state index contributed by atoms with van der Waals surface area (Å²) in [6.45, 7) is 0. The second kappa shape index (κ2) is 5.67. The molecule has 0 saturated carbocycles. The van der Waals surface area contributed by atoms with Crippen molar-refractivity contribution in [1.29, 1.82) is 0 Å². The van der Waals surface area contributed by atoms with Crippen molar-refractivity contribution >= 4 is 35.0 Å². The molecule has 0 unspecified atom stereocenters. The molecule has 0 radical (unpaired) electrons. The van der Waals surface area contributed by atoms with Gasteiger partial charge in [0.2, 0.25) is 0 Å². The van der Waals surface area contributed by atoms with E-state index in [1.165, 1.54) is 30.0 Å². The van der Waals surface area contributed by atoms with Crippen molar-refractivity contribution in [3.63, 3.8) is 0 Å². The van der Waals surface area contributed by atoms with E-state index in [4.69, 9.17) is 23.2 Å². The van der Waals surface area contributed by atoms with Gasteiger partial charge in [-0.1, -0.05) is 23.2 Å². The number of benzene rings is 1. The van der Waals surface area contributed by atoms with Gasteiger partial charge in [0.15, 0.2) is 0 Å². The molecule has 0 aliphatic rings. The van der Waals surface area contributed by atoms with Crippen LogP contribution in [0.15, 0.2) is 35.2 Å². The van der Waals surface area contributed by atoms with Crippen LogP contribution in [0.5, 0.6) is 0 Å². The van der Waals surface area contributed by atoms with Gasteiger partial charge in [0.25, 0.3) is 0 Å². The predicted molar refractivity (Wildman–Crippen MR) is 68.0 cm³/mol. The summed E-state index contributed by atoms with van der Waals surface area (Å²) in [7, 11) is 0. The third kappa shape index (κ3) is 3.84. The van der Waals surface area contributed by atoms with Crippen molar-refractivity contribution in [2.45, 2.75) is 10.6 Å². The number of rotatable bonds is 3. The van der Waals surface area contributed by atoms with Gasteiger partial charge in [0.1, 0.15) is 21.9 Å². The Labute approximate surface area is 112 Å². The lowest BCUT2D eigenvalue weighted by Gasteiger charge is -2.02. The summed E-state index contributed by atoms with van der Waals surface area (Å²) >= 11 is 13.0. The van der Waals surface area contributed by atoms with Gasteiger partial charge in [-0.15, -0.1) is 11.8 Å². The van der Waals surface area contributed by atoms with Crippen LogP contribution in [0.25, 0.3) is 0 Å². The van der Waals surface area contributed by atoms with E-state index in [2.05, 4.69) is 9.97 Å². The minimum absolute atomic E-state index is 0.253. The molecule has 0 aliphatic heterocycles. The van der Waals surface area contributed by atoms with Gasteiger partial charge < -0.3 is 0 Å². The van der Waals surface area contributed by atoms with E-state index in [-0.39, 0.29) is 5.82 Å². The van der Waals surface area contributed by atoms with Crippen LogP contribution < -0.4 is 0 Å². The molecule has 2 rings (SSSR count). The largest absolute Gasteiger partial charge is 0.220 e. The summed E-state index contributed by atoms with van der Waals surface area (Å²) < 4.78 is 12.7. The zero-order chi connectivity index (χ0) is 12.3. The first-order chi connectivity index (χ1) is 8.13. The van der Waals surface area contributed by atoms with Crippen molar-refractivity contribution < 1.29 is 4.39 Å². The Morgan fingerprint density at radius 1 is 1.06 bits per heavy atom. The topological polar surface area (TPSA) is 25.8 Å².